The highest BCUT2D eigenvalue weighted by Gasteiger charge is 2.10. The molecule has 0 spiro atoms. The van der Waals surface area contributed by atoms with Gasteiger partial charge in [-0.15, -0.1) is 0 Å². The molecular formula is C18H16Cl2N2O2. The lowest BCUT2D eigenvalue weighted by Crippen LogP contribution is -2.23. The maximum absolute atomic E-state index is 9.58. The van der Waals surface area contributed by atoms with Crippen molar-refractivity contribution in [1.29, 1.82) is 0 Å². The summed E-state index contributed by atoms with van der Waals surface area (Å²) in [6.45, 7) is -0.0546. The van der Waals surface area contributed by atoms with E-state index in [2.05, 4.69) is 10.3 Å². The average molecular weight is 363 g/mol. The molecule has 24 heavy (non-hydrogen) atoms. The lowest BCUT2D eigenvalue weighted by Gasteiger charge is -2.14. The number of aliphatic hydroxyl groups excluding tert-OH is 2. The van der Waals surface area contributed by atoms with Crippen molar-refractivity contribution in [2.45, 2.75) is 6.10 Å². The van der Waals surface area contributed by atoms with Crippen LogP contribution in [-0.4, -0.2) is 34.5 Å². The molecule has 0 fully saturated rings. The summed E-state index contributed by atoms with van der Waals surface area (Å²) >= 11 is 12.1. The molecule has 0 unspecified atom stereocenters. The number of rotatable bonds is 5. The van der Waals surface area contributed by atoms with Crippen molar-refractivity contribution >= 4 is 39.8 Å². The van der Waals surface area contributed by atoms with E-state index in [4.69, 9.17) is 28.3 Å². The monoisotopic (exact) mass is 362 g/mol. The topological polar surface area (TPSA) is 65.4 Å². The molecule has 2 aromatic carbocycles. The lowest BCUT2D eigenvalue weighted by molar-refractivity contribution is 0.105. The first kappa shape index (κ1) is 17.0. The molecule has 124 valence electrons. The van der Waals surface area contributed by atoms with Crippen LogP contribution >= 0.6 is 23.2 Å². The molecule has 3 N–H and O–H groups in total. The van der Waals surface area contributed by atoms with E-state index < -0.39 is 6.10 Å². The molecule has 4 nitrogen and oxygen atoms in total. The molecule has 3 rings (SSSR count). The zero-order valence-electron chi connectivity index (χ0n) is 12.7. The van der Waals surface area contributed by atoms with Crippen LogP contribution in [0.5, 0.6) is 0 Å². The van der Waals surface area contributed by atoms with E-state index in [1.807, 2.05) is 36.4 Å². The number of aromatic nitrogens is 1. The number of nitrogens with zero attached hydrogens (tertiary/aromatic N) is 1. The Morgan fingerprint density at radius 3 is 2.58 bits per heavy atom. The summed E-state index contributed by atoms with van der Waals surface area (Å²) in [4.78, 5) is 4.67. The van der Waals surface area contributed by atoms with Crippen LogP contribution in [0.4, 0.5) is 5.69 Å². The van der Waals surface area contributed by atoms with E-state index in [9.17, 15) is 5.11 Å². The minimum atomic E-state index is -0.828. The molecule has 1 atom stereocenters. The van der Waals surface area contributed by atoms with Crippen LogP contribution in [0.2, 0.25) is 10.0 Å². The Kier molecular flexibility index (Phi) is 5.21. The van der Waals surface area contributed by atoms with E-state index in [0.717, 1.165) is 27.8 Å². The molecule has 1 aromatic heterocycles. The van der Waals surface area contributed by atoms with Gasteiger partial charge < -0.3 is 15.5 Å². The summed E-state index contributed by atoms with van der Waals surface area (Å²) in [5.74, 6) is 0. The molecule has 1 heterocycles. The maximum Gasteiger partial charge on any atom is 0.0942 e. The summed E-state index contributed by atoms with van der Waals surface area (Å²) in [6, 6.07) is 15.0. The smallest absolute Gasteiger partial charge is 0.0942 e. The van der Waals surface area contributed by atoms with E-state index in [0.29, 0.717) is 10.0 Å². The van der Waals surface area contributed by atoms with Gasteiger partial charge in [0.2, 0.25) is 0 Å². The van der Waals surface area contributed by atoms with Gasteiger partial charge in [-0.1, -0.05) is 47.5 Å². The van der Waals surface area contributed by atoms with Crippen LogP contribution in [0, 0.1) is 0 Å². The number of nitrogens with one attached hydrogen (secondary N) is 1. The normalized spacial score (nSPS) is 12.3. The van der Waals surface area contributed by atoms with Gasteiger partial charge in [0.05, 0.1) is 34.0 Å². The number of benzene rings is 2. The van der Waals surface area contributed by atoms with Crippen molar-refractivity contribution in [2.24, 2.45) is 0 Å². The summed E-state index contributed by atoms with van der Waals surface area (Å²) in [5.41, 5.74) is 3.24. The summed E-state index contributed by atoms with van der Waals surface area (Å²) in [6.07, 6.45) is -0.828. The number of anilines is 1. The van der Waals surface area contributed by atoms with E-state index in [1.54, 1.807) is 12.1 Å². The average Bonchev–Trinajstić information content (AvgIpc) is 2.61. The number of hydrogen-bond donors (Lipinski definition) is 3. The van der Waals surface area contributed by atoms with Crippen molar-refractivity contribution in [2.75, 3.05) is 18.5 Å². The lowest BCUT2D eigenvalue weighted by atomic mass is 10.1. The molecule has 0 saturated carbocycles. The van der Waals surface area contributed by atoms with Crippen LogP contribution in [0.25, 0.3) is 22.2 Å². The number of aliphatic hydroxyl groups is 2. The van der Waals surface area contributed by atoms with Gasteiger partial charge in [-0.3, -0.25) is 0 Å². The fourth-order valence-corrected chi connectivity index (χ4v) is 2.72. The quantitative estimate of drug-likeness (QED) is 0.642. The minimum absolute atomic E-state index is 0.241. The predicted molar refractivity (Wildman–Crippen MR) is 98.8 cm³/mol. The fourth-order valence-electron chi connectivity index (χ4n) is 2.42. The summed E-state index contributed by atoms with van der Waals surface area (Å²) in [5, 5.41) is 23.6. The third-order valence-electron chi connectivity index (χ3n) is 3.67. The first-order valence-corrected chi connectivity index (χ1v) is 8.22. The summed E-state index contributed by atoms with van der Waals surface area (Å²) in [7, 11) is 0. The third kappa shape index (κ3) is 3.62. The standard InChI is InChI=1S/C18H16Cl2N2O2/c19-14-6-5-11(7-15(14)20)17-8-18(21-9-12(24)10-23)13-3-1-2-4-16(13)22-17/h1-8,12,23-24H,9-10H2,(H,21,22)/t12-/m0/s1. The number of fused-ring (bicyclic) bond motifs is 1. The Morgan fingerprint density at radius 2 is 1.83 bits per heavy atom. The number of para-hydroxylation sites is 1. The van der Waals surface area contributed by atoms with Crippen LogP contribution < -0.4 is 5.32 Å². The zero-order valence-corrected chi connectivity index (χ0v) is 14.2. The van der Waals surface area contributed by atoms with Crippen LogP contribution in [-0.2, 0) is 0 Å². The SMILES string of the molecule is OC[C@@H](O)CNc1cc(-c2ccc(Cl)c(Cl)c2)nc2ccccc12. The number of halogens is 2. The molecule has 0 aliphatic rings. The molecule has 0 radical (unpaired) electrons. The Bertz CT molecular complexity index is 871. The second-order valence-corrected chi connectivity index (χ2v) is 6.23. The van der Waals surface area contributed by atoms with Crippen molar-refractivity contribution in [3.05, 3.63) is 58.6 Å². The van der Waals surface area contributed by atoms with Gasteiger partial charge >= 0.3 is 0 Å². The van der Waals surface area contributed by atoms with Crippen LogP contribution in [0.3, 0.4) is 0 Å². The molecular weight excluding hydrogens is 347 g/mol. The van der Waals surface area contributed by atoms with Gasteiger partial charge in [0, 0.05) is 23.2 Å². The van der Waals surface area contributed by atoms with Crippen molar-refractivity contribution in [1.82, 2.24) is 4.98 Å². The van der Waals surface area contributed by atoms with Crippen molar-refractivity contribution < 1.29 is 10.2 Å². The Balaban J connectivity index is 2.07. The van der Waals surface area contributed by atoms with Gasteiger partial charge in [0.25, 0.3) is 0 Å². The number of pyridine rings is 1. The zero-order chi connectivity index (χ0) is 17.1. The molecule has 0 aliphatic heterocycles. The second-order valence-electron chi connectivity index (χ2n) is 5.42. The Hall–Kier alpha value is -1.85. The molecule has 0 bridgehead atoms. The highest BCUT2D eigenvalue weighted by atomic mass is 35.5. The molecule has 0 saturated heterocycles. The first-order valence-electron chi connectivity index (χ1n) is 7.46. The van der Waals surface area contributed by atoms with Crippen molar-refractivity contribution in [3.63, 3.8) is 0 Å². The molecule has 0 aliphatic carbocycles. The largest absolute Gasteiger partial charge is 0.394 e. The van der Waals surface area contributed by atoms with Crippen molar-refractivity contribution in [3.8, 4) is 11.3 Å². The maximum atomic E-state index is 9.58. The van der Waals surface area contributed by atoms with Gasteiger partial charge in [-0.25, -0.2) is 4.98 Å². The second kappa shape index (κ2) is 7.36. The molecule has 6 heteroatoms. The fraction of sp³-hybridized carbons (Fsp3) is 0.167. The highest BCUT2D eigenvalue weighted by molar-refractivity contribution is 6.42. The third-order valence-corrected chi connectivity index (χ3v) is 4.41. The molecule has 3 aromatic rings. The van der Waals surface area contributed by atoms with Gasteiger partial charge in [0.15, 0.2) is 0 Å². The predicted octanol–water partition coefficient (Wildman–Crippen LogP) is 3.97. The summed E-state index contributed by atoms with van der Waals surface area (Å²) < 4.78 is 0. The Labute approximate surface area is 149 Å². The number of hydrogen-bond acceptors (Lipinski definition) is 4. The molecule has 0 amide bonds. The van der Waals surface area contributed by atoms with Crippen LogP contribution in [0.15, 0.2) is 48.5 Å². The van der Waals surface area contributed by atoms with Gasteiger partial charge in [-0.05, 0) is 24.3 Å². The Morgan fingerprint density at radius 1 is 1.04 bits per heavy atom. The van der Waals surface area contributed by atoms with E-state index >= 15 is 0 Å². The van der Waals surface area contributed by atoms with Gasteiger partial charge in [-0.2, -0.15) is 0 Å². The van der Waals surface area contributed by atoms with E-state index in [1.165, 1.54) is 0 Å². The highest BCUT2D eigenvalue weighted by Crippen LogP contribution is 2.31. The van der Waals surface area contributed by atoms with E-state index in [-0.39, 0.29) is 13.2 Å². The van der Waals surface area contributed by atoms with Crippen LogP contribution in [0.1, 0.15) is 0 Å². The first-order chi connectivity index (χ1) is 11.6. The van der Waals surface area contributed by atoms with Gasteiger partial charge in [0.1, 0.15) is 0 Å². The minimum Gasteiger partial charge on any atom is -0.394 e.